The molecule has 0 saturated carbocycles. The van der Waals surface area contributed by atoms with E-state index in [2.05, 4.69) is 34.6 Å². The third kappa shape index (κ3) is 28.7. The highest BCUT2D eigenvalue weighted by molar-refractivity contribution is 4.48. The SMILES string of the molecule is CCC(CC)CO.CCCC(C)CO.CCCCCCO. The van der Waals surface area contributed by atoms with Crippen molar-refractivity contribution in [2.75, 3.05) is 19.8 Å². The van der Waals surface area contributed by atoms with Crippen molar-refractivity contribution < 1.29 is 15.3 Å². The average molecular weight is 307 g/mol. The zero-order valence-corrected chi connectivity index (χ0v) is 15.3. The van der Waals surface area contributed by atoms with Crippen LogP contribution < -0.4 is 0 Å². The van der Waals surface area contributed by atoms with E-state index in [1.165, 1.54) is 25.7 Å². The first-order chi connectivity index (χ1) is 10.1. The molecule has 0 aromatic heterocycles. The summed E-state index contributed by atoms with van der Waals surface area (Å²) in [5.74, 6) is 1.05. The van der Waals surface area contributed by atoms with Crippen LogP contribution in [0.15, 0.2) is 0 Å². The summed E-state index contributed by atoms with van der Waals surface area (Å²) in [6.45, 7) is 11.6. The molecule has 0 radical (unpaired) electrons. The fourth-order valence-electron chi connectivity index (χ4n) is 1.67. The van der Waals surface area contributed by atoms with Gasteiger partial charge in [-0.3, -0.25) is 0 Å². The molecule has 0 amide bonds. The Morgan fingerprint density at radius 3 is 1.48 bits per heavy atom. The lowest BCUT2D eigenvalue weighted by Gasteiger charge is -2.04. The van der Waals surface area contributed by atoms with Crippen molar-refractivity contribution in [3.8, 4) is 0 Å². The quantitative estimate of drug-likeness (QED) is 0.525. The minimum Gasteiger partial charge on any atom is -0.396 e. The maximum Gasteiger partial charge on any atom is 0.0459 e. The van der Waals surface area contributed by atoms with Gasteiger partial charge in [-0.05, 0) is 24.7 Å². The smallest absolute Gasteiger partial charge is 0.0459 e. The van der Waals surface area contributed by atoms with Crippen molar-refractivity contribution in [2.45, 2.75) is 86.0 Å². The predicted molar refractivity (Wildman–Crippen MR) is 93.5 cm³/mol. The lowest BCUT2D eigenvalue weighted by atomic mass is 10.1. The van der Waals surface area contributed by atoms with Crippen molar-refractivity contribution in [2.24, 2.45) is 11.8 Å². The van der Waals surface area contributed by atoms with Crippen molar-refractivity contribution >= 4 is 0 Å². The molecule has 1 atom stereocenters. The Labute approximate surface area is 133 Å². The molecule has 21 heavy (non-hydrogen) atoms. The molecular formula is C18H42O3. The summed E-state index contributed by atoms with van der Waals surface area (Å²) in [6, 6.07) is 0. The zero-order chi connectivity index (χ0) is 16.9. The first-order valence-corrected chi connectivity index (χ1v) is 8.90. The maximum absolute atomic E-state index is 8.53. The average Bonchev–Trinajstić information content (AvgIpc) is 2.51. The molecule has 0 heterocycles. The van der Waals surface area contributed by atoms with Crippen LogP contribution in [0.4, 0.5) is 0 Å². The number of hydrogen-bond donors (Lipinski definition) is 3. The van der Waals surface area contributed by atoms with Gasteiger partial charge in [0, 0.05) is 19.8 Å². The Bertz CT molecular complexity index is 138. The van der Waals surface area contributed by atoms with Crippen LogP contribution in [0.25, 0.3) is 0 Å². The number of hydrogen-bond acceptors (Lipinski definition) is 3. The van der Waals surface area contributed by atoms with Gasteiger partial charge in [-0.15, -0.1) is 0 Å². The Morgan fingerprint density at radius 2 is 1.29 bits per heavy atom. The topological polar surface area (TPSA) is 60.7 Å². The van der Waals surface area contributed by atoms with E-state index in [0.29, 0.717) is 31.7 Å². The Kier molecular flexibility index (Phi) is 30.6. The van der Waals surface area contributed by atoms with Gasteiger partial charge in [-0.1, -0.05) is 73.1 Å². The van der Waals surface area contributed by atoms with Crippen molar-refractivity contribution in [3.05, 3.63) is 0 Å². The molecule has 1 unspecified atom stereocenters. The van der Waals surface area contributed by atoms with Gasteiger partial charge in [0.1, 0.15) is 0 Å². The van der Waals surface area contributed by atoms with Crippen LogP contribution in [0.1, 0.15) is 86.0 Å². The molecule has 0 aliphatic heterocycles. The molecule has 0 spiro atoms. The van der Waals surface area contributed by atoms with Crippen LogP contribution >= 0.6 is 0 Å². The molecule has 132 valence electrons. The van der Waals surface area contributed by atoms with Gasteiger partial charge in [0.15, 0.2) is 0 Å². The van der Waals surface area contributed by atoms with Crippen molar-refractivity contribution in [3.63, 3.8) is 0 Å². The van der Waals surface area contributed by atoms with Crippen LogP contribution in [-0.2, 0) is 0 Å². The van der Waals surface area contributed by atoms with E-state index < -0.39 is 0 Å². The molecule has 3 N–H and O–H groups in total. The van der Waals surface area contributed by atoms with Gasteiger partial charge in [0.05, 0.1) is 0 Å². The summed E-state index contributed by atoms with van der Waals surface area (Å²) >= 11 is 0. The van der Waals surface area contributed by atoms with Crippen LogP contribution in [-0.4, -0.2) is 35.1 Å². The Morgan fingerprint density at radius 1 is 0.714 bits per heavy atom. The third-order valence-electron chi connectivity index (χ3n) is 3.52. The lowest BCUT2D eigenvalue weighted by Crippen LogP contribution is -2.01. The summed E-state index contributed by atoms with van der Waals surface area (Å²) in [6.07, 6.45) is 9.22. The highest BCUT2D eigenvalue weighted by atomic mass is 16.3. The van der Waals surface area contributed by atoms with E-state index in [4.69, 9.17) is 15.3 Å². The largest absolute Gasteiger partial charge is 0.396 e. The second kappa shape index (κ2) is 24.9. The second-order valence-corrected chi connectivity index (χ2v) is 5.73. The normalized spacial score (nSPS) is 11.3. The number of unbranched alkanes of at least 4 members (excludes halogenated alkanes) is 3. The molecule has 0 fully saturated rings. The molecule has 0 bridgehead atoms. The highest BCUT2D eigenvalue weighted by Gasteiger charge is 1.97. The maximum atomic E-state index is 8.53. The standard InChI is InChI=1S/3C6H14O/c1-3-4-6(2)5-7;1-3-6(4-2)5-7;1-2-3-4-5-6-7/h2*6-7H,3-5H2,1-2H3;7H,2-6H2,1H3. The van der Waals surface area contributed by atoms with E-state index in [0.717, 1.165) is 25.7 Å². The van der Waals surface area contributed by atoms with Gasteiger partial charge in [-0.2, -0.15) is 0 Å². The van der Waals surface area contributed by atoms with Crippen LogP contribution in [0.2, 0.25) is 0 Å². The molecule has 3 heteroatoms. The van der Waals surface area contributed by atoms with Gasteiger partial charge >= 0.3 is 0 Å². The summed E-state index contributed by atoms with van der Waals surface area (Å²) in [7, 11) is 0. The Balaban J connectivity index is -0.000000231. The van der Waals surface area contributed by atoms with E-state index in [-0.39, 0.29) is 0 Å². The molecule has 0 saturated heterocycles. The van der Waals surface area contributed by atoms with E-state index >= 15 is 0 Å². The summed E-state index contributed by atoms with van der Waals surface area (Å²) in [4.78, 5) is 0. The summed E-state index contributed by atoms with van der Waals surface area (Å²) in [5, 5.41) is 25.3. The summed E-state index contributed by atoms with van der Waals surface area (Å²) in [5.41, 5.74) is 0. The monoisotopic (exact) mass is 306 g/mol. The number of aliphatic hydroxyl groups excluding tert-OH is 3. The predicted octanol–water partition coefficient (Wildman–Crippen LogP) is 4.39. The fourth-order valence-corrected chi connectivity index (χ4v) is 1.67. The first kappa shape index (κ1) is 25.8. The minimum absolute atomic E-state index is 0.341. The van der Waals surface area contributed by atoms with Gasteiger partial charge in [-0.25, -0.2) is 0 Å². The van der Waals surface area contributed by atoms with E-state index in [9.17, 15) is 0 Å². The third-order valence-corrected chi connectivity index (χ3v) is 3.52. The van der Waals surface area contributed by atoms with E-state index in [1.807, 2.05) is 0 Å². The minimum atomic E-state index is 0.341. The zero-order valence-electron chi connectivity index (χ0n) is 15.3. The number of aliphatic hydroxyl groups is 3. The molecule has 0 aliphatic rings. The first-order valence-electron chi connectivity index (χ1n) is 8.90. The molecule has 3 nitrogen and oxygen atoms in total. The molecular weight excluding hydrogens is 264 g/mol. The highest BCUT2D eigenvalue weighted by Crippen LogP contribution is 2.04. The van der Waals surface area contributed by atoms with Crippen molar-refractivity contribution in [1.29, 1.82) is 0 Å². The van der Waals surface area contributed by atoms with Crippen molar-refractivity contribution in [1.82, 2.24) is 0 Å². The van der Waals surface area contributed by atoms with Gasteiger partial charge < -0.3 is 15.3 Å². The number of rotatable bonds is 10. The second-order valence-electron chi connectivity index (χ2n) is 5.73. The summed E-state index contributed by atoms with van der Waals surface area (Å²) < 4.78 is 0. The van der Waals surface area contributed by atoms with Gasteiger partial charge in [0.25, 0.3) is 0 Å². The molecule has 0 aliphatic carbocycles. The van der Waals surface area contributed by atoms with E-state index in [1.54, 1.807) is 0 Å². The molecule has 0 rings (SSSR count). The molecule has 0 aromatic rings. The molecule has 0 aromatic carbocycles. The Hall–Kier alpha value is -0.120. The van der Waals surface area contributed by atoms with Crippen LogP contribution in [0.5, 0.6) is 0 Å². The van der Waals surface area contributed by atoms with Gasteiger partial charge in [0.2, 0.25) is 0 Å². The van der Waals surface area contributed by atoms with Crippen LogP contribution in [0.3, 0.4) is 0 Å². The lowest BCUT2D eigenvalue weighted by molar-refractivity contribution is 0.219. The van der Waals surface area contributed by atoms with Crippen LogP contribution in [0, 0.1) is 11.8 Å². The fraction of sp³-hybridized carbons (Fsp3) is 1.00.